The van der Waals surface area contributed by atoms with Gasteiger partial charge in [-0.1, -0.05) is 52.5 Å². The third kappa shape index (κ3) is 8.10. The minimum atomic E-state index is -0.503. The zero-order chi connectivity index (χ0) is 19.9. The van der Waals surface area contributed by atoms with Gasteiger partial charge in [0.25, 0.3) is 0 Å². The smallest absolute Gasteiger partial charge is 0.160 e. The van der Waals surface area contributed by atoms with Crippen LogP contribution in [0.15, 0.2) is 18.2 Å². The minimum Gasteiger partial charge on any atom is -0.504 e. The predicted octanol–water partition coefficient (Wildman–Crippen LogP) is 4.66. The quantitative estimate of drug-likeness (QED) is 0.467. The van der Waals surface area contributed by atoms with E-state index in [0.29, 0.717) is 24.2 Å². The molecule has 0 aromatic heterocycles. The summed E-state index contributed by atoms with van der Waals surface area (Å²) in [6.45, 7) is 7.35. The summed E-state index contributed by atoms with van der Waals surface area (Å²) in [5.41, 5.74) is 6.89. The maximum Gasteiger partial charge on any atom is 0.160 e. The fourth-order valence-electron chi connectivity index (χ4n) is 3.57. The van der Waals surface area contributed by atoms with Crippen LogP contribution in [0.4, 0.5) is 0 Å². The van der Waals surface area contributed by atoms with Gasteiger partial charge in [0.2, 0.25) is 0 Å². The Hall–Kier alpha value is -1.26. The molecule has 2 unspecified atom stereocenters. The van der Waals surface area contributed by atoms with Gasteiger partial charge in [-0.15, -0.1) is 0 Å². The highest BCUT2D eigenvalue weighted by Crippen LogP contribution is 2.37. The lowest BCUT2D eigenvalue weighted by Gasteiger charge is -2.27. The molecule has 1 fully saturated rings. The molecular weight excluding hydrogens is 338 g/mol. The molecule has 0 heterocycles. The van der Waals surface area contributed by atoms with Gasteiger partial charge in [-0.25, -0.2) is 0 Å². The zero-order valence-corrected chi connectivity index (χ0v) is 17.4. The fourth-order valence-corrected chi connectivity index (χ4v) is 3.57. The molecule has 0 spiro atoms. The summed E-state index contributed by atoms with van der Waals surface area (Å²) in [5.74, 6) is 2.66. The third-order valence-electron chi connectivity index (χ3n) is 5.64. The molecule has 0 bridgehead atoms. The second-order valence-corrected chi connectivity index (χ2v) is 9.21. The topological polar surface area (TPSA) is 75.7 Å². The fraction of sp³-hybridized carbons (Fsp3) is 0.739. The van der Waals surface area contributed by atoms with Crippen LogP contribution in [0.25, 0.3) is 0 Å². The Morgan fingerprint density at radius 2 is 1.96 bits per heavy atom. The van der Waals surface area contributed by atoms with E-state index >= 15 is 0 Å². The number of hydrogen-bond acceptors (Lipinski definition) is 4. The van der Waals surface area contributed by atoms with Crippen molar-refractivity contribution in [2.75, 3.05) is 13.2 Å². The van der Waals surface area contributed by atoms with Gasteiger partial charge in [0, 0.05) is 5.54 Å². The first kappa shape index (κ1) is 22.0. The first-order chi connectivity index (χ1) is 12.8. The summed E-state index contributed by atoms with van der Waals surface area (Å²) in [4.78, 5) is 0. The van der Waals surface area contributed by atoms with E-state index in [1.54, 1.807) is 6.07 Å². The lowest BCUT2D eigenvalue weighted by molar-refractivity contribution is 0.172. The van der Waals surface area contributed by atoms with E-state index in [1.165, 1.54) is 25.7 Å². The van der Waals surface area contributed by atoms with Gasteiger partial charge < -0.3 is 20.7 Å². The van der Waals surface area contributed by atoms with Crippen molar-refractivity contribution in [1.29, 1.82) is 0 Å². The van der Waals surface area contributed by atoms with E-state index in [2.05, 4.69) is 20.8 Å². The first-order valence-corrected chi connectivity index (χ1v) is 10.7. The van der Waals surface area contributed by atoms with Crippen molar-refractivity contribution < 1.29 is 14.9 Å². The lowest BCUT2D eigenvalue weighted by Crippen LogP contribution is -2.44. The molecule has 27 heavy (non-hydrogen) atoms. The molecule has 0 saturated heterocycles. The largest absolute Gasteiger partial charge is 0.504 e. The van der Waals surface area contributed by atoms with Crippen molar-refractivity contribution in [3.63, 3.8) is 0 Å². The van der Waals surface area contributed by atoms with E-state index in [4.69, 9.17) is 10.5 Å². The molecule has 1 aliphatic carbocycles. The van der Waals surface area contributed by atoms with Crippen molar-refractivity contribution in [2.45, 2.75) is 77.7 Å². The molecule has 4 N–H and O–H groups in total. The normalized spacial score (nSPS) is 17.7. The Bertz CT molecular complexity index is 571. The molecule has 0 radical (unpaired) electrons. The number of benzene rings is 1. The summed E-state index contributed by atoms with van der Waals surface area (Å²) in [7, 11) is 0. The molecule has 4 nitrogen and oxygen atoms in total. The molecular formula is C23H39NO3. The Labute approximate surface area is 165 Å². The minimum absolute atomic E-state index is 0.0192. The molecule has 2 rings (SSSR count). The summed E-state index contributed by atoms with van der Waals surface area (Å²) >= 11 is 0. The highest BCUT2D eigenvalue weighted by atomic mass is 16.5. The molecule has 0 amide bonds. The number of rotatable bonds is 13. The molecule has 1 aromatic rings. The van der Waals surface area contributed by atoms with Gasteiger partial charge in [-0.3, -0.25) is 0 Å². The van der Waals surface area contributed by atoms with Crippen LogP contribution >= 0.6 is 0 Å². The Kier molecular flexibility index (Phi) is 8.43. The summed E-state index contributed by atoms with van der Waals surface area (Å²) in [6.07, 6.45) is 8.48. The number of ether oxygens (including phenoxy) is 1. The van der Waals surface area contributed by atoms with Crippen molar-refractivity contribution in [3.8, 4) is 11.5 Å². The molecule has 1 aromatic carbocycles. The van der Waals surface area contributed by atoms with Gasteiger partial charge in [0.1, 0.15) is 0 Å². The van der Waals surface area contributed by atoms with Crippen LogP contribution in [0.3, 0.4) is 0 Å². The maximum absolute atomic E-state index is 10.3. The Balaban J connectivity index is 1.78. The number of nitrogens with two attached hydrogens (primary N) is 1. The number of phenolic OH excluding ortho intramolecular Hbond substituents is 1. The second-order valence-electron chi connectivity index (χ2n) is 9.21. The molecule has 2 atom stereocenters. The number of aromatic hydroxyl groups is 1. The third-order valence-corrected chi connectivity index (χ3v) is 5.64. The Morgan fingerprint density at radius 3 is 2.56 bits per heavy atom. The van der Waals surface area contributed by atoms with Gasteiger partial charge in [0.15, 0.2) is 11.5 Å². The van der Waals surface area contributed by atoms with Gasteiger partial charge in [-0.05, 0) is 61.1 Å². The van der Waals surface area contributed by atoms with Gasteiger partial charge in [-0.2, -0.15) is 0 Å². The van der Waals surface area contributed by atoms with Gasteiger partial charge >= 0.3 is 0 Å². The highest BCUT2D eigenvalue weighted by Gasteiger charge is 2.33. The van der Waals surface area contributed by atoms with Crippen molar-refractivity contribution >= 4 is 0 Å². The molecule has 0 aliphatic heterocycles. The molecule has 154 valence electrons. The monoisotopic (exact) mass is 377 g/mol. The first-order valence-electron chi connectivity index (χ1n) is 10.7. The number of hydrogen-bond donors (Lipinski definition) is 3. The van der Waals surface area contributed by atoms with Crippen LogP contribution in [0.2, 0.25) is 0 Å². The number of aliphatic hydroxyl groups is 1. The Morgan fingerprint density at radius 1 is 1.22 bits per heavy atom. The number of phenols is 1. The van der Waals surface area contributed by atoms with Gasteiger partial charge in [0.05, 0.1) is 13.2 Å². The summed E-state index contributed by atoms with van der Waals surface area (Å²) < 4.78 is 5.82. The van der Waals surface area contributed by atoms with E-state index in [0.717, 1.165) is 37.2 Å². The molecule has 4 heteroatoms. The number of aryl methyl sites for hydroxylation is 1. The van der Waals surface area contributed by atoms with Crippen LogP contribution in [0.5, 0.6) is 11.5 Å². The van der Waals surface area contributed by atoms with E-state index < -0.39 is 5.54 Å². The molecule has 1 aliphatic rings. The highest BCUT2D eigenvalue weighted by molar-refractivity contribution is 5.41. The average molecular weight is 378 g/mol. The van der Waals surface area contributed by atoms with Crippen LogP contribution in [0.1, 0.15) is 71.3 Å². The zero-order valence-electron chi connectivity index (χ0n) is 17.4. The van der Waals surface area contributed by atoms with Crippen LogP contribution in [0, 0.1) is 17.8 Å². The van der Waals surface area contributed by atoms with E-state index in [1.807, 2.05) is 12.1 Å². The molecule has 1 saturated carbocycles. The van der Waals surface area contributed by atoms with E-state index in [9.17, 15) is 10.2 Å². The predicted molar refractivity (Wildman–Crippen MR) is 111 cm³/mol. The average Bonchev–Trinajstić information content (AvgIpc) is 3.42. The maximum atomic E-state index is 10.3. The van der Waals surface area contributed by atoms with E-state index in [-0.39, 0.29) is 12.4 Å². The standard InChI is InChI=1S/C23H39NO3/c1-17(2)5-4-6-18(3)15-27-22-10-9-19(13-21(22)26)11-12-23(24,16-25)14-20-7-8-20/h9-10,13,17-18,20,25-26H,4-8,11-12,14-16,24H2,1-3H3. The van der Waals surface area contributed by atoms with Crippen molar-refractivity contribution in [1.82, 2.24) is 0 Å². The number of aliphatic hydroxyl groups excluding tert-OH is 1. The lowest BCUT2D eigenvalue weighted by atomic mass is 9.88. The van der Waals surface area contributed by atoms with Crippen LogP contribution in [-0.4, -0.2) is 29.0 Å². The second kappa shape index (κ2) is 10.3. The van der Waals surface area contributed by atoms with Crippen LogP contribution in [-0.2, 0) is 6.42 Å². The summed E-state index contributed by atoms with van der Waals surface area (Å²) in [5, 5.41) is 19.9. The van der Waals surface area contributed by atoms with Crippen molar-refractivity contribution in [3.05, 3.63) is 23.8 Å². The SMILES string of the molecule is CC(C)CCCC(C)COc1ccc(CCC(N)(CO)CC2CC2)cc1O. The van der Waals surface area contributed by atoms with Crippen LogP contribution < -0.4 is 10.5 Å². The van der Waals surface area contributed by atoms with Crippen molar-refractivity contribution in [2.24, 2.45) is 23.5 Å². The summed E-state index contributed by atoms with van der Waals surface area (Å²) in [6, 6.07) is 5.62.